The Hall–Kier alpha value is -1.98. The summed E-state index contributed by atoms with van der Waals surface area (Å²) in [6, 6.07) is 17.7. The van der Waals surface area contributed by atoms with E-state index in [1.54, 1.807) is 0 Å². The van der Waals surface area contributed by atoms with Gasteiger partial charge < -0.3 is 9.15 Å². The third-order valence-electron chi connectivity index (χ3n) is 3.69. The lowest BCUT2D eigenvalue weighted by molar-refractivity contribution is 0.342. The molecule has 4 nitrogen and oxygen atoms in total. The molecule has 0 radical (unpaired) electrons. The van der Waals surface area contributed by atoms with Crippen LogP contribution in [0.15, 0.2) is 64.2 Å². The van der Waals surface area contributed by atoms with E-state index >= 15 is 0 Å². The first-order valence-corrected chi connectivity index (χ1v) is 9.45. The van der Waals surface area contributed by atoms with Crippen molar-refractivity contribution in [3.05, 3.63) is 71.1 Å². The molecule has 1 heterocycles. The van der Waals surface area contributed by atoms with Crippen LogP contribution < -0.4 is 4.74 Å². The predicted octanol–water partition coefficient (Wildman–Crippen LogP) is 5.24. The predicted molar refractivity (Wildman–Crippen MR) is 101 cm³/mol. The van der Waals surface area contributed by atoms with Crippen LogP contribution in [0.4, 0.5) is 0 Å². The number of nitrogens with zero attached hydrogens (tertiary/aromatic N) is 2. The van der Waals surface area contributed by atoms with Gasteiger partial charge in [-0.2, -0.15) is 0 Å². The Morgan fingerprint density at radius 2 is 1.84 bits per heavy atom. The maximum atomic E-state index is 5.84. The molecule has 3 aromatic rings. The van der Waals surface area contributed by atoms with Gasteiger partial charge >= 0.3 is 0 Å². The molecule has 3 rings (SSSR count). The minimum Gasteiger partial charge on any atom is -0.493 e. The van der Waals surface area contributed by atoms with Crippen molar-refractivity contribution in [2.24, 2.45) is 0 Å². The Balaban J connectivity index is 1.43. The fraction of sp³-hybridized carbons (Fsp3) is 0.263. The van der Waals surface area contributed by atoms with Crippen LogP contribution >= 0.6 is 23.4 Å². The number of thioether (sulfide) groups is 1. The Morgan fingerprint density at radius 3 is 2.60 bits per heavy atom. The van der Waals surface area contributed by atoms with Gasteiger partial charge in [-0.3, -0.25) is 0 Å². The first-order valence-electron chi connectivity index (χ1n) is 8.09. The van der Waals surface area contributed by atoms with Gasteiger partial charge in [-0.1, -0.05) is 60.6 Å². The molecule has 0 bridgehead atoms. The van der Waals surface area contributed by atoms with E-state index in [4.69, 9.17) is 20.8 Å². The van der Waals surface area contributed by atoms with Gasteiger partial charge in [0, 0.05) is 17.2 Å². The monoisotopic (exact) mass is 374 g/mol. The first kappa shape index (κ1) is 17.8. The Kier molecular flexibility index (Phi) is 6.36. The summed E-state index contributed by atoms with van der Waals surface area (Å²) < 4.78 is 11.4. The maximum Gasteiger partial charge on any atom is 0.276 e. The molecule has 0 spiro atoms. The number of rotatable bonds is 8. The third kappa shape index (κ3) is 5.51. The van der Waals surface area contributed by atoms with Crippen molar-refractivity contribution >= 4 is 23.4 Å². The highest BCUT2D eigenvalue weighted by molar-refractivity contribution is 7.99. The quantitative estimate of drug-likeness (QED) is 0.398. The molecule has 25 heavy (non-hydrogen) atoms. The van der Waals surface area contributed by atoms with Gasteiger partial charge in [-0.05, 0) is 35.7 Å². The van der Waals surface area contributed by atoms with Crippen molar-refractivity contribution in [2.75, 3.05) is 12.4 Å². The van der Waals surface area contributed by atoms with E-state index in [9.17, 15) is 0 Å². The van der Waals surface area contributed by atoms with Crippen LogP contribution in [0.2, 0.25) is 5.02 Å². The Labute approximate surface area is 156 Å². The number of benzene rings is 2. The van der Waals surface area contributed by atoms with Crippen molar-refractivity contribution in [3.63, 3.8) is 0 Å². The van der Waals surface area contributed by atoms with Crippen LogP contribution in [0.3, 0.4) is 0 Å². The zero-order chi connectivity index (χ0) is 17.5. The highest BCUT2D eigenvalue weighted by Gasteiger charge is 2.12. The molecular formula is C19H19ClN2O2S. The molecule has 0 N–H and O–H groups in total. The minimum absolute atomic E-state index is 0.340. The Morgan fingerprint density at radius 1 is 1.08 bits per heavy atom. The van der Waals surface area contributed by atoms with Crippen LogP contribution in [0, 0.1) is 0 Å². The van der Waals surface area contributed by atoms with Crippen LogP contribution in [-0.4, -0.2) is 22.6 Å². The molecule has 1 aromatic heterocycles. The smallest absolute Gasteiger partial charge is 0.276 e. The van der Waals surface area contributed by atoms with E-state index in [0.29, 0.717) is 28.7 Å². The molecule has 1 unspecified atom stereocenters. The molecule has 130 valence electrons. The molecule has 0 aliphatic rings. The van der Waals surface area contributed by atoms with Crippen molar-refractivity contribution in [2.45, 2.75) is 24.5 Å². The molecule has 0 aliphatic heterocycles. The molecule has 6 heteroatoms. The van der Waals surface area contributed by atoms with E-state index in [-0.39, 0.29) is 0 Å². The standard InChI is InChI=1S/C19H19ClN2O2S/c1-14(15-5-3-2-4-6-15)13-18-21-22-19(24-18)25-12-11-23-17-9-7-16(20)8-10-17/h2-10,14H,11-13H2,1H3. The van der Waals surface area contributed by atoms with Crippen LogP contribution in [-0.2, 0) is 6.42 Å². The van der Waals surface area contributed by atoms with Crippen molar-refractivity contribution in [1.29, 1.82) is 0 Å². The molecule has 0 fully saturated rings. The van der Waals surface area contributed by atoms with Gasteiger partial charge in [-0.15, -0.1) is 10.2 Å². The fourth-order valence-corrected chi connectivity index (χ4v) is 3.08. The largest absolute Gasteiger partial charge is 0.493 e. The molecule has 2 aromatic carbocycles. The second-order valence-corrected chi connectivity index (χ2v) is 7.11. The summed E-state index contributed by atoms with van der Waals surface area (Å²) >= 11 is 7.34. The number of hydrogen-bond donors (Lipinski definition) is 0. The van der Waals surface area contributed by atoms with Crippen LogP contribution in [0.5, 0.6) is 5.75 Å². The van der Waals surface area contributed by atoms with E-state index in [2.05, 4.69) is 29.3 Å². The van der Waals surface area contributed by atoms with Gasteiger partial charge in [0.25, 0.3) is 5.22 Å². The Bertz CT molecular complexity index is 778. The number of hydrogen-bond acceptors (Lipinski definition) is 5. The third-order valence-corrected chi connectivity index (χ3v) is 4.72. The summed E-state index contributed by atoms with van der Waals surface area (Å²) in [7, 11) is 0. The zero-order valence-corrected chi connectivity index (χ0v) is 15.5. The number of aromatic nitrogens is 2. The first-order chi connectivity index (χ1) is 12.2. The summed E-state index contributed by atoms with van der Waals surface area (Å²) in [6.45, 7) is 2.72. The second-order valence-electron chi connectivity index (χ2n) is 5.63. The lowest BCUT2D eigenvalue weighted by Gasteiger charge is -2.08. The van der Waals surface area contributed by atoms with E-state index in [0.717, 1.165) is 17.9 Å². The summed E-state index contributed by atoms with van der Waals surface area (Å²) in [5.74, 6) is 2.54. The fourth-order valence-electron chi connectivity index (χ4n) is 2.36. The lowest BCUT2D eigenvalue weighted by atomic mass is 9.98. The second kappa shape index (κ2) is 8.92. The summed E-state index contributed by atoms with van der Waals surface area (Å²) in [5.41, 5.74) is 1.27. The van der Waals surface area contributed by atoms with E-state index in [1.807, 2.05) is 42.5 Å². The summed E-state index contributed by atoms with van der Waals surface area (Å²) in [4.78, 5) is 0. The van der Waals surface area contributed by atoms with Crippen LogP contribution in [0.25, 0.3) is 0 Å². The maximum absolute atomic E-state index is 5.84. The van der Waals surface area contributed by atoms with Gasteiger partial charge in [0.15, 0.2) is 0 Å². The van der Waals surface area contributed by atoms with Crippen molar-refractivity contribution in [3.8, 4) is 5.75 Å². The van der Waals surface area contributed by atoms with Gasteiger partial charge in [-0.25, -0.2) is 0 Å². The van der Waals surface area contributed by atoms with Crippen molar-refractivity contribution in [1.82, 2.24) is 10.2 Å². The number of halogens is 1. The van der Waals surface area contributed by atoms with E-state index < -0.39 is 0 Å². The van der Waals surface area contributed by atoms with Gasteiger partial charge in [0.2, 0.25) is 5.89 Å². The molecule has 0 saturated heterocycles. The van der Waals surface area contributed by atoms with E-state index in [1.165, 1.54) is 17.3 Å². The van der Waals surface area contributed by atoms with Crippen LogP contribution in [0.1, 0.15) is 24.3 Å². The van der Waals surface area contributed by atoms with Gasteiger partial charge in [0.05, 0.1) is 6.61 Å². The molecule has 1 atom stereocenters. The highest BCUT2D eigenvalue weighted by Crippen LogP contribution is 2.22. The summed E-state index contributed by atoms with van der Waals surface area (Å²) in [6.07, 6.45) is 0.735. The molecular weight excluding hydrogens is 356 g/mol. The zero-order valence-electron chi connectivity index (χ0n) is 13.9. The SMILES string of the molecule is CC(Cc1nnc(SCCOc2ccc(Cl)cc2)o1)c1ccccc1. The van der Waals surface area contributed by atoms with Crippen molar-refractivity contribution < 1.29 is 9.15 Å². The number of ether oxygens (including phenoxy) is 1. The minimum atomic E-state index is 0.340. The highest BCUT2D eigenvalue weighted by atomic mass is 35.5. The lowest BCUT2D eigenvalue weighted by Crippen LogP contribution is -1.99. The summed E-state index contributed by atoms with van der Waals surface area (Å²) in [5, 5.41) is 9.51. The normalized spacial score (nSPS) is 12.1. The average molecular weight is 375 g/mol. The molecule has 0 aliphatic carbocycles. The molecule has 0 saturated carbocycles. The topological polar surface area (TPSA) is 48.2 Å². The average Bonchev–Trinajstić information content (AvgIpc) is 3.08. The molecule has 0 amide bonds. The van der Waals surface area contributed by atoms with Gasteiger partial charge in [0.1, 0.15) is 5.75 Å².